The van der Waals surface area contributed by atoms with Gasteiger partial charge < -0.3 is 0 Å². The Kier molecular flexibility index (Phi) is 19.9. The topological polar surface area (TPSA) is 0 Å². The summed E-state index contributed by atoms with van der Waals surface area (Å²) >= 11 is 0. The Balaban J connectivity index is 2.11. The lowest BCUT2D eigenvalue weighted by Crippen LogP contribution is -2.07. The molecular formula is C30H55P. The van der Waals surface area contributed by atoms with Crippen LogP contribution in [0.4, 0.5) is 0 Å². The van der Waals surface area contributed by atoms with Gasteiger partial charge in [-0.05, 0) is 42.1 Å². The van der Waals surface area contributed by atoms with Gasteiger partial charge in [0.2, 0.25) is 0 Å². The molecule has 0 aromatic heterocycles. The van der Waals surface area contributed by atoms with Gasteiger partial charge in [-0.15, -0.1) is 9.24 Å². The van der Waals surface area contributed by atoms with Gasteiger partial charge in [-0.1, -0.05) is 148 Å². The molecule has 1 unspecified atom stereocenters. The lowest BCUT2D eigenvalue weighted by Gasteiger charge is -2.13. The average molecular weight is 447 g/mol. The lowest BCUT2D eigenvalue weighted by atomic mass is 9.96. The van der Waals surface area contributed by atoms with Crippen molar-refractivity contribution in [2.24, 2.45) is 0 Å². The van der Waals surface area contributed by atoms with Crippen molar-refractivity contribution in [3.63, 3.8) is 0 Å². The number of aryl methyl sites for hydroxylation is 1. The highest BCUT2D eigenvalue weighted by Crippen LogP contribution is 2.18. The first-order valence-electron chi connectivity index (χ1n) is 14.2. The molecule has 0 spiro atoms. The maximum absolute atomic E-state index is 3.00. The van der Waals surface area contributed by atoms with Gasteiger partial charge in [0, 0.05) is 0 Å². The van der Waals surface area contributed by atoms with Crippen LogP contribution < -0.4 is 5.30 Å². The Morgan fingerprint density at radius 2 is 0.871 bits per heavy atom. The van der Waals surface area contributed by atoms with Crippen LogP contribution >= 0.6 is 9.24 Å². The summed E-state index contributed by atoms with van der Waals surface area (Å²) in [5.41, 5.74) is 3.27. The van der Waals surface area contributed by atoms with E-state index in [1.807, 2.05) is 0 Å². The van der Waals surface area contributed by atoms with Crippen LogP contribution in [0, 0.1) is 0 Å². The first kappa shape index (κ1) is 28.7. The zero-order chi connectivity index (χ0) is 22.4. The third-order valence-electron chi connectivity index (χ3n) is 6.89. The van der Waals surface area contributed by atoms with Crippen molar-refractivity contribution >= 4 is 14.5 Å². The number of hydrogen-bond acceptors (Lipinski definition) is 0. The van der Waals surface area contributed by atoms with Crippen LogP contribution in [-0.2, 0) is 12.8 Å². The smallest absolute Gasteiger partial charge is 0.0268 e. The number of benzene rings is 1. The predicted octanol–water partition coefficient (Wildman–Crippen LogP) is 10.1. The molecule has 31 heavy (non-hydrogen) atoms. The fourth-order valence-electron chi connectivity index (χ4n) is 4.79. The third-order valence-corrected chi connectivity index (χ3v) is 7.43. The molecule has 1 rings (SSSR count). The summed E-state index contributed by atoms with van der Waals surface area (Å²) in [6, 6.07) is 6.95. The molecule has 0 aliphatic carbocycles. The van der Waals surface area contributed by atoms with Gasteiger partial charge >= 0.3 is 0 Å². The Hall–Kier alpha value is -0.350. The molecule has 0 radical (unpaired) electrons. The van der Waals surface area contributed by atoms with Crippen molar-refractivity contribution in [2.45, 2.75) is 155 Å². The van der Waals surface area contributed by atoms with Crippen molar-refractivity contribution < 1.29 is 0 Å². The van der Waals surface area contributed by atoms with Crippen molar-refractivity contribution in [1.29, 1.82) is 0 Å². The van der Waals surface area contributed by atoms with Crippen molar-refractivity contribution in [3.8, 4) is 0 Å². The minimum Gasteiger partial charge on any atom is -0.105 e. The molecule has 0 aliphatic rings. The second-order valence-corrected chi connectivity index (χ2v) is 10.5. The number of hydrogen-bond donors (Lipinski definition) is 0. The van der Waals surface area contributed by atoms with E-state index in [0.717, 1.165) is 0 Å². The summed E-state index contributed by atoms with van der Waals surface area (Å²) in [6.45, 7) is 4.60. The maximum Gasteiger partial charge on any atom is -0.0268 e. The minimum atomic E-state index is 1.28. The molecule has 1 atom stereocenters. The second-order valence-electron chi connectivity index (χ2n) is 9.85. The first-order chi connectivity index (χ1) is 15.3. The quantitative estimate of drug-likeness (QED) is 0.123. The Labute approximate surface area is 199 Å². The van der Waals surface area contributed by atoms with Crippen LogP contribution in [0.15, 0.2) is 18.2 Å². The standard InChI is InChI=1S/C30H55P/c1-3-5-7-9-11-13-15-17-19-21-24-28-25-23-27-30(31)29(28)26-22-20-18-16-14-12-10-8-6-4-2/h23,25,27H,3-22,24,26,31H2,1-2H3. The van der Waals surface area contributed by atoms with E-state index in [1.165, 1.54) is 147 Å². The maximum atomic E-state index is 3.00. The monoisotopic (exact) mass is 446 g/mol. The highest BCUT2D eigenvalue weighted by Gasteiger charge is 2.06. The molecular weight excluding hydrogens is 391 g/mol. The van der Waals surface area contributed by atoms with Crippen molar-refractivity contribution in [1.82, 2.24) is 0 Å². The first-order valence-corrected chi connectivity index (χ1v) is 14.7. The average Bonchev–Trinajstić information content (AvgIpc) is 2.77. The third kappa shape index (κ3) is 16.0. The molecule has 0 bridgehead atoms. The molecule has 0 saturated heterocycles. The summed E-state index contributed by atoms with van der Waals surface area (Å²) < 4.78 is 0. The number of rotatable bonds is 22. The van der Waals surface area contributed by atoms with E-state index >= 15 is 0 Å². The molecule has 0 saturated carbocycles. The van der Waals surface area contributed by atoms with E-state index in [9.17, 15) is 0 Å². The second kappa shape index (κ2) is 21.5. The minimum absolute atomic E-state index is 1.28. The van der Waals surface area contributed by atoms with Gasteiger partial charge in [-0.2, -0.15) is 0 Å². The molecule has 180 valence electrons. The molecule has 0 heterocycles. The molecule has 0 nitrogen and oxygen atoms in total. The predicted molar refractivity (Wildman–Crippen MR) is 147 cm³/mol. The molecule has 0 aliphatic heterocycles. The zero-order valence-electron chi connectivity index (χ0n) is 21.4. The Morgan fingerprint density at radius 3 is 1.32 bits per heavy atom. The summed E-state index contributed by atoms with van der Waals surface area (Å²) in [6.07, 6.45) is 31.1. The van der Waals surface area contributed by atoms with Crippen LogP contribution in [0.3, 0.4) is 0 Å². The highest BCUT2D eigenvalue weighted by molar-refractivity contribution is 7.27. The SMILES string of the molecule is CCCCCCCCCCCCc1cccc(P)c1CCCCCCCCCCCC. The Bertz CT molecular complexity index is 507. The van der Waals surface area contributed by atoms with Crippen LogP contribution in [0.5, 0.6) is 0 Å². The van der Waals surface area contributed by atoms with E-state index in [1.54, 1.807) is 11.1 Å². The van der Waals surface area contributed by atoms with Gasteiger partial charge in [0.05, 0.1) is 0 Å². The van der Waals surface area contributed by atoms with E-state index in [0.29, 0.717) is 0 Å². The molecule has 1 heteroatoms. The number of unbranched alkanes of at least 4 members (excludes halogenated alkanes) is 18. The highest BCUT2D eigenvalue weighted by atomic mass is 31.0. The van der Waals surface area contributed by atoms with Gasteiger partial charge in [0.25, 0.3) is 0 Å². The van der Waals surface area contributed by atoms with E-state index in [4.69, 9.17) is 0 Å². The van der Waals surface area contributed by atoms with Crippen LogP contribution in [0.1, 0.15) is 153 Å². The van der Waals surface area contributed by atoms with Crippen molar-refractivity contribution in [2.75, 3.05) is 0 Å². The van der Waals surface area contributed by atoms with Crippen LogP contribution in [0.25, 0.3) is 0 Å². The molecule has 0 N–H and O–H groups in total. The summed E-state index contributed by atoms with van der Waals surface area (Å²) in [7, 11) is 3.00. The van der Waals surface area contributed by atoms with Gasteiger partial charge in [-0.3, -0.25) is 0 Å². The van der Waals surface area contributed by atoms with Crippen LogP contribution in [-0.4, -0.2) is 0 Å². The van der Waals surface area contributed by atoms with Gasteiger partial charge in [-0.25, -0.2) is 0 Å². The van der Waals surface area contributed by atoms with Gasteiger partial charge in [0.15, 0.2) is 0 Å². The summed E-state index contributed by atoms with van der Waals surface area (Å²) in [5, 5.41) is 1.44. The fraction of sp³-hybridized carbons (Fsp3) is 0.800. The van der Waals surface area contributed by atoms with E-state index in [-0.39, 0.29) is 0 Å². The zero-order valence-corrected chi connectivity index (χ0v) is 22.5. The molecule has 0 amide bonds. The summed E-state index contributed by atoms with van der Waals surface area (Å²) in [5.74, 6) is 0. The molecule has 1 aromatic carbocycles. The van der Waals surface area contributed by atoms with E-state index < -0.39 is 0 Å². The molecule has 1 aromatic rings. The Morgan fingerprint density at radius 1 is 0.484 bits per heavy atom. The summed E-state index contributed by atoms with van der Waals surface area (Å²) in [4.78, 5) is 0. The molecule has 0 fully saturated rings. The largest absolute Gasteiger partial charge is 0.105 e. The van der Waals surface area contributed by atoms with Gasteiger partial charge in [0.1, 0.15) is 0 Å². The normalized spacial score (nSPS) is 11.3. The fourth-order valence-corrected chi connectivity index (χ4v) is 5.23. The van der Waals surface area contributed by atoms with Crippen LogP contribution in [0.2, 0.25) is 0 Å². The van der Waals surface area contributed by atoms with Crippen molar-refractivity contribution in [3.05, 3.63) is 29.3 Å². The van der Waals surface area contributed by atoms with E-state index in [2.05, 4.69) is 41.3 Å². The lowest BCUT2D eigenvalue weighted by molar-refractivity contribution is 0.553.